The number of nitrogens with one attached hydrogen (secondary N) is 2. The van der Waals surface area contributed by atoms with Crippen LogP contribution in [0.5, 0.6) is 0 Å². The van der Waals surface area contributed by atoms with Crippen LogP contribution in [-0.4, -0.2) is 29.8 Å². The van der Waals surface area contributed by atoms with Gasteiger partial charge in [-0.15, -0.1) is 0 Å². The maximum absolute atomic E-state index is 12.6. The molecule has 2 N–H and O–H groups in total. The number of imidazole rings is 1. The molecule has 152 valence electrons. The minimum atomic E-state index is -5.45. The fourth-order valence-electron chi connectivity index (χ4n) is 3.10. The second-order valence-electron chi connectivity index (χ2n) is 6.91. The highest BCUT2D eigenvalue weighted by molar-refractivity contribution is 7.92. The van der Waals surface area contributed by atoms with Gasteiger partial charge in [0.1, 0.15) is 5.82 Å². The zero-order valence-electron chi connectivity index (χ0n) is 15.0. The van der Waals surface area contributed by atoms with Crippen molar-refractivity contribution >= 4 is 32.5 Å². The molecule has 29 heavy (non-hydrogen) atoms. The molecule has 0 radical (unpaired) electrons. The van der Waals surface area contributed by atoms with Gasteiger partial charge in [0.05, 0.1) is 15.9 Å². The zero-order valence-corrected chi connectivity index (χ0v) is 15.8. The second-order valence-corrected chi connectivity index (χ2v) is 8.85. The van der Waals surface area contributed by atoms with Crippen LogP contribution in [-0.2, 0) is 9.84 Å². The first kappa shape index (κ1) is 19.4. The third kappa shape index (κ3) is 3.59. The topological polar surface area (TPSA) is 91.9 Å². The predicted octanol–water partition coefficient (Wildman–Crippen LogP) is 4.38. The number of hydrogen-bond acceptors (Lipinski definition) is 4. The summed E-state index contributed by atoms with van der Waals surface area (Å²) in [4.78, 5) is 19.3. The summed E-state index contributed by atoms with van der Waals surface area (Å²) in [6.45, 7) is 0. The molecular weight excluding hydrogens is 407 g/mol. The number of benzene rings is 2. The molecule has 0 aliphatic heterocycles. The van der Waals surface area contributed by atoms with Crippen LogP contribution >= 0.6 is 0 Å². The Bertz CT molecular complexity index is 1180. The van der Waals surface area contributed by atoms with E-state index in [4.69, 9.17) is 0 Å². The van der Waals surface area contributed by atoms with Gasteiger partial charge in [-0.05, 0) is 55.3 Å². The van der Waals surface area contributed by atoms with Crippen molar-refractivity contribution in [1.82, 2.24) is 9.97 Å². The number of aromatic nitrogens is 2. The standard InChI is InChI=1S/C19H16F3N3O3S/c20-19(21,22)29(27,28)14-7-4-12(5-8-14)18(26)23-13-6-9-15-16(10-13)25-17(24-15)11-2-1-3-11/h4-11H,1-3H2,(H,23,26)(H,24,25). The van der Waals surface area contributed by atoms with Crippen molar-refractivity contribution < 1.29 is 26.4 Å². The number of halogens is 3. The summed E-state index contributed by atoms with van der Waals surface area (Å²) in [6, 6.07) is 8.78. The number of sulfone groups is 1. The number of hydrogen-bond donors (Lipinski definition) is 2. The van der Waals surface area contributed by atoms with Crippen LogP contribution in [0.15, 0.2) is 47.4 Å². The third-order valence-electron chi connectivity index (χ3n) is 4.98. The van der Waals surface area contributed by atoms with E-state index in [0.717, 1.165) is 54.0 Å². The number of fused-ring (bicyclic) bond motifs is 1. The molecule has 1 heterocycles. The highest BCUT2D eigenvalue weighted by Crippen LogP contribution is 2.35. The molecule has 1 fully saturated rings. The van der Waals surface area contributed by atoms with Crippen molar-refractivity contribution in [3.8, 4) is 0 Å². The molecule has 10 heteroatoms. The number of amides is 1. The monoisotopic (exact) mass is 423 g/mol. The minimum absolute atomic E-state index is 0.0333. The minimum Gasteiger partial charge on any atom is -0.342 e. The number of aromatic amines is 1. The van der Waals surface area contributed by atoms with E-state index in [1.807, 2.05) is 0 Å². The Kier molecular flexibility index (Phi) is 4.60. The van der Waals surface area contributed by atoms with Crippen LogP contribution in [0.25, 0.3) is 11.0 Å². The van der Waals surface area contributed by atoms with E-state index < -0.39 is 26.1 Å². The van der Waals surface area contributed by atoms with Crippen molar-refractivity contribution in [2.75, 3.05) is 5.32 Å². The number of H-pyrrole nitrogens is 1. The van der Waals surface area contributed by atoms with Gasteiger partial charge in [0.2, 0.25) is 0 Å². The Morgan fingerprint density at radius 3 is 2.38 bits per heavy atom. The Balaban J connectivity index is 1.51. The fraction of sp³-hybridized carbons (Fsp3) is 0.263. The molecule has 6 nitrogen and oxygen atoms in total. The third-order valence-corrected chi connectivity index (χ3v) is 6.48. The van der Waals surface area contributed by atoms with Crippen LogP contribution < -0.4 is 5.32 Å². The summed E-state index contributed by atoms with van der Waals surface area (Å²) in [5.74, 6) is 0.794. The average molecular weight is 423 g/mol. The lowest BCUT2D eigenvalue weighted by molar-refractivity contribution is -0.0436. The molecule has 0 saturated heterocycles. The lowest BCUT2D eigenvalue weighted by Gasteiger charge is -2.22. The summed E-state index contributed by atoms with van der Waals surface area (Å²) in [5.41, 5.74) is -3.32. The van der Waals surface area contributed by atoms with E-state index in [1.165, 1.54) is 6.42 Å². The van der Waals surface area contributed by atoms with E-state index in [1.54, 1.807) is 18.2 Å². The average Bonchev–Trinajstić information content (AvgIpc) is 3.01. The lowest BCUT2D eigenvalue weighted by atomic mass is 9.85. The first-order valence-electron chi connectivity index (χ1n) is 8.87. The van der Waals surface area contributed by atoms with Gasteiger partial charge in [0.15, 0.2) is 0 Å². The van der Waals surface area contributed by atoms with E-state index in [2.05, 4.69) is 15.3 Å². The quantitative estimate of drug-likeness (QED) is 0.652. The van der Waals surface area contributed by atoms with Crippen molar-refractivity contribution in [3.05, 3.63) is 53.9 Å². The molecule has 1 amide bonds. The smallest absolute Gasteiger partial charge is 0.342 e. The first-order chi connectivity index (χ1) is 13.6. The van der Waals surface area contributed by atoms with Crippen LogP contribution in [0, 0.1) is 0 Å². The molecule has 0 atom stereocenters. The zero-order chi connectivity index (χ0) is 20.8. The maximum atomic E-state index is 12.6. The molecule has 1 saturated carbocycles. The molecule has 1 aromatic heterocycles. The van der Waals surface area contributed by atoms with Gasteiger partial charge in [-0.3, -0.25) is 4.79 Å². The fourth-order valence-corrected chi connectivity index (χ4v) is 3.87. The summed E-state index contributed by atoms with van der Waals surface area (Å²) >= 11 is 0. The van der Waals surface area contributed by atoms with Gasteiger partial charge in [0.25, 0.3) is 15.7 Å². The normalized spacial score (nSPS) is 15.3. The van der Waals surface area contributed by atoms with Crippen LogP contribution in [0.3, 0.4) is 0 Å². The maximum Gasteiger partial charge on any atom is 0.501 e. The molecule has 2 aromatic carbocycles. The van der Waals surface area contributed by atoms with Gasteiger partial charge in [-0.25, -0.2) is 13.4 Å². The molecule has 0 spiro atoms. The summed E-state index contributed by atoms with van der Waals surface area (Å²) in [6.07, 6.45) is 3.39. The molecule has 0 bridgehead atoms. The molecule has 4 rings (SSSR count). The Hall–Kier alpha value is -2.88. The van der Waals surface area contributed by atoms with Gasteiger partial charge >= 0.3 is 5.51 Å². The van der Waals surface area contributed by atoms with E-state index >= 15 is 0 Å². The summed E-state index contributed by atoms with van der Waals surface area (Å²) < 4.78 is 60.6. The van der Waals surface area contributed by atoms with Crippen molar-refractivity contribution in [2.45, 2.75) is 35.6 Å². The van der Waals surface area contributed by atoms with Crippen molar-refractivity contribution in [2.24, 2.45) is 0 Å². The first-order valence-corrected chi connectivity index (χ1v) is 10.4. The number of nitrogens with zero attached hydrogens (tertiary/aromatic N) is 1. The highest BCUT2D eigenvalue weighted by Gasteiger charge is 2.46. The van der Waals surface area contributed by atoms with Gasteiger partial charge in [-0.2, -0.15) is 13.2 Å². The lowest BCUT2D eigenvalue weighted by Crippen LogP contribution is -2.23. The SMILES string of the molecule is O=C(Nc1ccc2nc(C3CCC3)[nH]c2c1)c1ccc(S(=O)(=O)C(F)(F)F)cc1. The Morgan fingerprint density at radius 1 is 1.10 bits per heavy atom. The summed E-state index contributed by atoms with van der Waals surface area (Å²) in [7, 11) is -5.45. The molecule has 0 unspecified atom stereocenters. The van der Waals surface area contributed by atoms with Crippen LogP contribution in [0.2, 0.25) is 0 Å². The number of carbonyl (C=O) groups is 1. The van der Waals surface area contributed by atoms with E-state index in [0.29, 0.717) is 11.6 Å². The molecular formula is C19H16F3N3O3S. The number of rotatable bonds is 4. The summed E-state index contributed by atoms with van der Waals surface area (Å²) in [5, 5.41) is 2.65. The largest absolute Gasteiger partial charge is 0.501 e. The van der Waals surface area contributed by atoms with E-state index in [9.17, 15) is 26.4 Å². The predicted molar refractivity (Wildman–Crippen MR) is 100 cm³/mol. The number of carbonyl (C=O) groups excluding carboxylic acids is 1. The van der Waals surface area contributed by atoms with Gasteiger partial charge in [0, 0.05) is 17.2 Å². The molecule has 1 aliphatic rings. The Labute approximate surface area is 164 Å². The van der Waals surface area contributed by atoms with E-state index in [-0.39, 0.29) is 5.56 Å². The molecule has 3 aromatic rings. The Morgan fingerprint density at radius 2 is 1.79 bits per heavy atom. The van der Waals surface area contributed by atoms with Gasteiger partial charge < -0.3 is 10.3 Å². The van der Waals surface area contributed by atoms with Crippen molar-refractivity contribution in [1.29, 1.82) is 0 Å². The van der Waals surface area contributed by atoms with Gasteiger partial charge in [-0.1, -0.05) is 6.42 Å². The molecule has 1 aliphatic carbocycles. The second kappa shape index (κ2) is 6.87. The van der Waals surface area contributed by atoms with Crippen LogP contribution in [0.1, 0.15) is 41.4 Å². The number of anilines is 1. The highest BCUT2D eigenvalue weighted by atomic mass is 32.2. The van der Waals surface area contributed by atoms with Crippen LogP contribution in [0.4, 0.5) is 18.9 Å². The van der Waals surface area contributed by atoms with Crippen molar-refractivity contribution in [3.63, 3.8) is 0 Å². The number of alkyl halides is 3.